The van der Waals surface area contributed by atoms with E-state index in [1.165, 1.54) is 36.5 Å². The van der Waals surface area contributed by atoms with Crippen molar-refractivity contribution >= 4 is 34.0 Å². The molecule has 0 aliphatic heterocycles. The molecule has 1 aliphatic carbocycles. The Bertz CT molecular complexity index is 1890. The average Bonchev–Trinajstić information content (AvgIpc) is 3.08. The van der Waals surface area contributed by atoms with Gasteiger partial charge in [0, 0.05) is 29.2 Å². The van der Waals surface area contributed by atoms with Crippen molar-refractivity contribution in [2.75, 3.05) is 20.3 Å². The van der Waals surface area contributed by atoms with Gasteiger partial charge in [-0.25, -0.2) is 9.78 Å². The number of nitrogens with zero attached hydrogens (tertiary/aromatic N) is 1. The second kappa shape index (κ2) is 14.3. The number of hydrogen-bond donors (Lipinski definition) is 1. The van der Waals surface area contributed by atoms with E-state index < -0.39 is 5.97 Å². The number of benzene rings is 4. The van der Waals surface area contributed by atoms with Gasteiger partial charge in [0.1, 0.15) is 12.4 Å². The van der Waals surface area contributed by atoms with Gasteiger partial charge in [0.05, 0.1) is 17.8 Å². The third-order valence-corrected chi connectivity index (χ3v) is 9.12. The molecule has 0 unspecified atom stereocenters. The minimum Gasteiger partial charge on any atom is -0.491 e. The fourth-order valence-corrected chi connectivity index (χ4v) is 6.61. The van der Waals surface area contributed by atoms with Gasteiger partial charge < -0.3 is 14.6 Å². The van der Waals surface area contributed by atoms with E-state index in [1.807, 2.05) is 49.4 Å². The molecule has 1 aliphatic rings. The molecular formula is C40H38ClNO4. The van der Waals surface area contributed by atoms with Crippen molar-refractivity contribution in [2.24, 2.45) is 0 Å². The molecule has 6 rings (SSSR count). The number of aromatic nitrogens is 1. The lowest BCUT2D eigenvalue weighted by atomic mass is 9.79. The Labute approximate surface area is 275 Å². The van der Waals surface area contributed by atoms with Gasteiger partial charge in [0.2, 0.25) is 0 Å². The molecule has 0 amide bonds. The highest BCUT2D eigenvalue weighted by Crippen LogP contribution is 2.41. The monoisotopic (exact) mass is 631 g/mol. The minimum absolute atomic E-state index is 0.460. The molecule has 1 heterocycles. The standard InChI is InChI=1S/C40H38ClNO4/c1-26(22-40(43)44)29-10-16-35(36(24-29)27-6-4-3-5-7-27)30-11-18-38-31(23-30)12-19-39(42-38)37-25-33(46-21-20-45-2)15-17-34(37)28-8-13-32(41)14-9-28/h8-19,22-25,27H,3-7,20-21H2,1-2H3,(H,43,44)/b26-22-. The molecule has 46 heavy (non-hydrogen) atoms. The van der Waals surface area contributed by atoms with Gasteiger partial charge in [-0.15, -0.1) is 0 Å². The molecule has 1 fully saturated rings. The first kappa shape index (κ1) is 31.5. The van der Waals surface area contributed by atoms with Crippen LogP contribution < -0.4 is 4.74 Å². The molecule has 0 bridgehead atoms. The number of aliphatic carboxylic acids is 1. The molecule has 1 N–H and O–H groups in total. The predicted octanol–water partition coefficient (Wildman–Crippen LogP) is 10.4. The fourth-order valence-electron chi connectivity index (χ4n) is 6.48. The SMILES string of the molecule is COCCOc1ccc(-c2ccc(Cl)cc2)c(-c2ccc3cc(-c4ccc(/C(C)=C\C(=O)O)cc4C4CCCCC4)ccc3n2)c1. The number of pyridine rings is 1. The molecule has 4 aromatic carbocycles. The van der Waals surface area contributed by atoms with Gasteiger partial charge in [-0.1, -0.05) is 79.4 Å². The van der Waals surface area contributed by atoms with E-state index in [4.69, 9.17) is 26.1 Å². The van der Waals surface area contributed by atoms with Crippen molar-refractivity contribution in [3.8, 4) is 39.3 Å². The van der Waals surface area contributed by atoms with E-state index in [2.05, 4.69) is 48.5 Å². The molecule has 5 nitrogen and oxygen atoms in total. The summed E-state index contributed by atoms with van der Waals surface area (Å²) in [6, 6.07) is 31.0. The first-order valence-corrected chi connectivity index (χ1v) is 16.3. The van der Waals surface area contributed by atoms with Gasteiger partial charge in [0.15, 0.2) is 0 Å². The van der Waals surface area contributed by atoms with E-state index >= 15 is 0 Å². The molecule has 1 saturated carbocycles. The number of methoxy groups -OCH3 is 1. The number of carboxylic acid groups (broad SMARTS) is 1. The highest BCUT2D eigenvalue weighted by molar-refractivity contribution is 6.30. The Morgan fingerprint density at radius 2 is 1.61 bits per heavy atom. The molecule has 234 valence electrons. The maximum atomic E-state index is 11.4. The third kappa shape index (κ3) is 7.17. The normalized spacial score (nSPS) is 14.0. The Morgan fingerprint density at radius 3 is 2.37 bits per heavy atom. The minimum atomic E-state index is -0.923. The lowest BCUT2D eigenvalue weighted by Crippen LogP contribution is -2.07. The van der Waals surface area contributed by atoms with Crippen LogP contribution in [0, 0.1) is 0 Å². The quantitative estimate of drug-likeness (QED) is 0.123. The molecule has 6 heteroatoms. The smallest absolute Gasteiger partial charge is 0.328 e. The number of carboxylic acids is 1. The Hall–Kier alpha value is -4.45. The van der Waals surface area contributed by atoms with Crippen LogP contribution in [0.2, 0.25) is 5.02 Å². The van der Waals surface area contributed by atoms with Crippen LogP contribution in [-0.2, 0) is 9.53 Å². The summed E-state index contributed by atoms with van der Waals surface area (Å²) in [7, 11) is 1.66. The van der Waals surface area contributed by atoms with Crippen LogP contribution in [0.5, 0.6) is 5.75 Å². The van der Waals surface area contributed by atoms with E-state index in [1.54, 1.807) is 7.11 Å². The molecule has 5 aromatic rings. The zero-order valence-corrected chi connectivity index (χ0v) is 27.0. The largest absolute Gasteiger partial charge is 0.491 e. The molecule has 0 spiro atoms. The fraction of sp³-hybridized carbons (Fsp3) is 0.250. The Kier molecular flexibility index (Phi) is 9.82. The van der Waals surface area contributed by atoms with Gasteiger partial charge in [0.25, 0.3) is 0 Å². The van der Waals surface area contributed by atoms with Gasteiger partial charge >= 0.3 is 5.97 Å². The highest BCUT2D eigenvalue weighted by atomic mass is 35.5. The Balaban J connectivity index is 1.40. The molecule has 0 saturated heterocycles. The number of allylic oxidation sites excluding steroid dienone is 1. The topological polar surface area (TPSA) is 68.7 Å². The summed E-state index contributed by atoms with van der Waals surface area (Å²) < 4.78 is 11.1. The van der Waals surface area contributed by atoms with Crippen molar-refractivity contribution < 1.29 is 19.4 Å². The zero-order chi connectivity index (χ0) is 32.0. The van der Waals surface area contributed by atoms with Crippen LogP contribution in [0.4, 0.5) is 0 Å². The van der Waals surface area contributed by atoms with E-state index in [0.717, 1.165) is 68.6 Å². The van der Waals surface area contributed by atoms with Gasteiger partial charge in [-0.3, -0.25) is 0 Å². The first-order chi connectivity index (χ1) is 22.4. The third-order valence-electron chi connectivity index (χ3n) is 8.87. The second-order valence-corrected chi connectivity index (χ2v) is 12.4. The second-order valence-electron chi connectivity index (χ2n) is 12.0. The predicted molar refractivity (Wildman–Crippen MR) is 188 cm³/mol. The molecular weight excluding hydrogens is 594 g/mol. The maximum Gasteiger partial charge on any atom is 0.328 e. The molecule has 0 atom stereocenters. The van der Waals surface area contributed by atoms with Crippen molar-refractivity contribution in [3.63, 3.8) is 0 Å². The van der Waals surface area contributed by atoms with Crippen LogP contribution in [0.25, 0.3) is 50.0 Å². The van der Waals surface area contributed by atoms with Crippen LogP contribution in [0.1, 0.15) is 56.1 Å². The molecule has 1 aromatic heterocycles. The van der Waals surface area contributed by atoms with Crippen LogP contribution in [-0.4, -0.2) is 36.4 Å². The number of hydrogen-bond acceptors (Lipinski definition) is 4. The maximum absolute atomic E-state index is 11.4. The summed E-state index contributed by atoms with van der Waals surface area (Å²) in [6.45, 7) is 2.84. The zero-order valence-electron chi connectivity index (χ0n) is 26.3. The van der Waals surface area contributed by atoms with E-state index in [0.29, 0.717) is 24.2 Å². The molecule has 0 radical (unpaired) electrons. The summed E-state index contributed by atoms with van der Waals surface area (Å²) in [5, 5.41) is 11.1. The summed E-state index contributed by atoms with van der Waals surface area (Å²) in [4.78, 5) is 16.5. The summed E-state index contributed by atoms with van der Waals surface area (Å²) in [6.07, 6.45) is 7.31. The summed E-state index contributed by atoms with van der Waals surface area (Å²) in [5.74, 6) is 0.296. The summed E-state index contributed by atoms with van der Waals surface area (Å²) >= 11 is 6.20. The average molecular weight is 632 g/mol. The van der Waals surface area contributed by atoms with Gasteiger partial charge in [-0.05, 0) is 107 Å². The van der Waals surface area contributed by atoms with Crippen molar-refractivity contribution in [2.45, 2.75) is 44.9 Å². The number of fused-ring (bicyclic) bond motifs is 1. The lowest BCUT2D eigenvalue weighted by molar-refractivity contribution is -0.131. The van der Waals surface area contributed by atoms with E-state index in [9.17, 15) is 9.90 Å². The van der Waals surface area contributed by atoms with Crippen LogP contribution in [0.15, 0.2) is 97.1 Å². The van der Waals surface area contributed by atoms with Crippen LogP contribution >= 0.6 is 11.6 Å². The summed E-state index contributed by atoms with van der Waals surface area (Å²) in [5.41, 5.74) is 10.2. The lowest BCUT2D eigenvalue weighted by Gasteiger charge is -2.25. The number of rotatable bonds is 10. The van der Waals surface area contributed by atoms with Crippen molar-refractivity contribution in [3.05, 3.63) is 113 Å². The first-order valence-electron chi connectivity index (χ1n) is 15.9. The van der Waals surface area contributed by atoms with Crippen LogP contribution in [0.3, 0.4) is 0 Å². The number of carbonyl (C=O) groups is 1. The number of ether oxygens (including phenoxy) is 2. The highest BCUT2D eigenvalue weighted by Gasteiger charge is 2.21. The van der Waals surface area contributed by atoms with Gasteiger partial charge in [-0.2, -0.15) is 0 Å². The Morgan fingerprint density at radius 1 is 0.848 bits per heavy atom. The number of halogens is 1. The van der Waals surface area contributed by atoms with Crippen molar-refractivity contribution in [1.82, 2.24) is 4.98 Å². The van der Waals surface area contributed by atoms with E-state index in [-0.39, 0.29) is 0 Å². The van der Waals surface area contributed by atoms with Crippen molar-refractivity contribution in [1.29, 1.82) is 0 Å².